The largest absolute Gasteiger partial charge is 0.456 e. The van der Waals surface area contributed by atoms with Crippen LogP contribution in [0, 0.1) is 0 Å². The number of fused-ring (bicyclic) bond motifs is 11. The van der Waals surface area contributed by atoms with E-state index in [0.29, 0.717) is 11.7 Å². The third-order valence-corrected chi connectivity index (χ3v) is 9.87. The highest BCUT2D eigenvalue weighted by Gasteiger charge is 2.19. The molecule has 3 heterocycles. The molecule has 0 amide bonds. The predicted octanol–water partition coefficient (Wildman–Crippen LogP) is 12.1. The average Bonchev–Trinajstić information content (AvgIpc) is 3.78. The van der Waals surface area contributed by atoms with E-state index in [0.717, 1.165) is 98.6 Å². The van der Waals surface area contributed by atoms with E-state index in [1.54, 1.807) is 0 Å². The van der Waals surface area contributed by atoms with Gasteiger partial charge >= 0.3 is 0 Å². The Morgan fingerprint density at radius 3 is 1.94 bits per heavy atom. The second-order valence-electron chi connectivity index (χ2n) is 12.8. The van der Waals surface area contributed by atoms with Gasteiger partial charge in [-0.3, -0.25) is 0 Å². The Morgan fingerprint density at radius 2 is 1.06 bits per heavy atom. The molecule has 0 atom stereocenters. The summed E-state index contributed by atoms with van der Waals surface area (Å²) in [5, 5.41) is 9.74. The van der Waals surface area contributed by atoms with Crippen molar-refractivity contribution in [3.63, 3.8) is 0 Å². The van der Waals surface area contributed by atoms with Crippen LogP contribution in [0.25, 0.3) is 110 Å². The molecule has 0 aliphatic rings. The molecule has 5 nitrogen and oxygen atoms in total. The quantitative estimate of drug-likeness (QED) is 0.180. The molecule has 0 aliphatic carbocycles. The van der Waals surface area contributed by atoms with Crippen LogP contribution in [0.15, 0.2) is 160 Å². The summed E-state index contributed by atoms with van der Waals surface area (Å²) >= 11 is 0. The van der Waals surface area contributed by atoms with Crippen LogP contribution in [0.2, 0.25) is 0 Å². The van der Waals surface area contributed by atoms with Gasteiger partial charge in [0.25, 0.3) is 0 Å². The zero-order valence-corrected chi connectivity index (χ0v) is 26.6. The summed E-state index contributed by atoms with van der Waals surface area (Å²) in [5.41, 5.74) is 7.96. The third kappa shape index (κ3) is 4.04. The summed E-state index contributed by atoms with van der Waals surface area (Å²) in [6.07, 6.45) is 0. The standard InChI is InChI=1S/C45H25N3O2/c1-3-10-28(11-4-1)41-33-20-19-26-9-7-8-14-32(26)42(33)47-44(46-41)31-18-16-27-15-17-30-24-39-36(25-35(30)34(27)23-31)40-37(49-39)21-22-38-43(40)48-45(50-38)29-12-5-2-6-13-29/h1-25H. The number of rotatable bonds is 3. The Bertz CT molecular complexity index is 3140. The molecule has 8 aromatic carbocycles. The maximum atomic E-state index is 6.42. The lowest BCUT2D eigenvalue weighted by Gasteiger charge is -2.12. The van der Waals surface area contributed by atoms with Gasteiger partial charge < -0.3 is 8.83 Å². The summed E-state index contributed by atoms with van der Waals surface area (Å²) < 4.78 is 12.7. The molecular weight excluding hydrogens is 615 g/mol. The van der Waals surface area contributed by atoms with E-state index < -0.39 is 0 Å². The lowest BCUT2D eigenvalue weighted by atomic mass is 9.97. The minimum Gasteiger partial charge on any atom is -0.456 e. The van der Waals surface area contributed by atoms with Crippen molar-refractivity contribution in [3.8, 4) is 34.1 Å². The highest BCUT2D eigenvalue weighted by Crippen LogP contribution is 2.40. The average molecular weight is 640 g/mol. The Morgan fingerprint density at radius 1 is 0.360 bits per heavy atom. The normalized spacial score (nSPS) is 12.0. The molecule has 0 radical (unpaired) electrons. The Hall–Kier alpha value is -6.85. The monoisotopic (exact) mass is 639 g/mol. The molecule has 50 heavy (non-hydrogen) atoms. The smallest absolute Gasteiger partial charge is 0.227 e. The van der Waals surface area contributed by atoms with Crippen molar-refractivity contribution in [3.05, 3.63) is 152 Å². The van der Waals surface area contributed by atoms with Gasteiger partial charge in [0.1, 0.15) is 16.7 Å². The number of benzene rings is 8. The van der Waals surface area contributed by atoms with Gasteiger partial charge in [-0.25, -0.2) is 15.0 Å². The summed E-state index contributed by atoms with van der Waals surface area (Å²) in [5.74, 6) is 1.29. The van der Waals surface area contributed by atoms with E-state index >= 15 is 0 Å². The molecule has 0 N–H and O–H groups in total. The van der Waals surface area contributed by atoms with Crippen LogP contribution in [0.5, 0.6) is 0 Å². The van der Waals surface area contributed by atoms with Crippen molar-refractivity contribution in [1.82, 2.24) is 15.0 Å². The van der Waals surface area contributed by atoms with E-state index in [2.05, 4.69) is 103 Å². The van der Waals surface area contributed by atoms with E-state index in [9.17, 15) is 0 Å². The third-order valence-electron chi connectivity index (χ3n) is 9.87. The minimum atomic E-state index is 0.594. The number of hydrogen-bond donors (Lipinski definition) is 0. The van der Waals surface area contributed by atoms with Crippen molar-refractivity contribution in [2.75, 3.05) is 0 Å². The van der Waals surface area contributed by atoms with Gasteiger partial charge in [0.2, 0.25) is 5.89 Å². The topological polar surface area (TPSA) is 65.0 Å². The number of aromatic nitrogens is 3. The Balaban J connectivity index is 1.16. The fraction of sp³-hybridized carbons (Fsp3) is 0. The molecule has 0 fully saturated rings. The van der Waals surface area contributed by atoms with E-state index in [-0.39, 0.29) is 0 Å². The maximum absolute atomic E-state index is 6.42. The molecule has 0 unspecified atom stereocenters. The SMILES string of the molecule is c1ccc(-c2nc3c(ccc4oc5cc6ccc7ccc(-c8nc(-c9ccccc9)c9ccc%10ccccc%10c9n8)cc7c6cc5c43)o2)cc1. The van der Waals surface area contributed by atoms with Crippen LogP contribution < -0.4 is 0 Å². The first kappa shape index (κ1) is 27.1. The lowest BCUT2D eigenvalue weighted by molar-refractivity contribution is 0.619. The fourth-order valence-electron chi connectivity index (χ4n) is 7.45. The second kappa shape index (κ2) is 10.3. The van der Waals surface area contributed by atoms with Gasteiger partial charge in [-0.2, -0.15) is 0 Å². The molecule has 0 aliphatic heterocycles. The first-order valence-corrected chi connectivity index (χ1v) is 16.7. The summed E-state index contributed by atoms with van der Waals surface area (Å²) in [7, 11) is 0. The van der Waals surface area contributed by atoms with E-state index in [4.69, 9.17) is 23.8 Å². The first-order chi connectivity index (χ1) is 24.7. The highest BCUT2D eigenvalue weighted by atomic mass is 16.4. The van der Waals surface area contributed by atoms with Crippen molar-refractivity contribution in [1.29, 1.82) is 0 Å². The van der Waals surface area contributed by atoms with Crippen molar-refractivity contribution in [2.45, 2.75) is 0 Å². The molecule has 11 rings (SSSR count). The molecule has 0 bridgehead atoms. The van der Waals surface area contributed by atoms with Gasteiger partial charge in [-0.15, -0.1) is 0 Å². The Kier molecular flexibility index (Phi) is 5.60. The zero-order valence-electron chi connectivity index (χ0n) is 26.6. The van der Waals surface area contributed by atoms with Crippen LogP contribution >= 0.6 is 0 Å². The predicted molar refractivity (Wildman–Crippen MR) is 203 cm³/mol. The second-order valence-corrected chi connectivity index (χ2v) is 12.8. The van der Waals surface area contributed by atoms with Crippen LogP contribution in [-0.2, 0) is 0 Å². The minimum absolute atomic E-state index is 0.594. The number of oxazole rings is 1. The van der Waals surface area contributed by atoms with Gasteiger partial charge in [0.15, 0.2) is 11.4 Å². The van der Waals surface area contributed by atoms with Crippen molar-refractivity contribution in [2.24, 2.45) is 0 Å². The first-order valence-electron chi connectivity index (χ1n) is 16.7. The van der Waals surface area contributed by atoms with Crippen molar-refractivity contribution < 1.29 is 8.83 Å². The van der Waals surface area contributed by atoms with Crippen LogP contribution in [-0.4, -0.2) is 15.0 Å². The van der Waals surface area contributed by atoms with E-state index in [1.807, 2.05) is 48.5 Å². The van der Waals surface area contributed by atoms with Crippen LogP contribution in [0.1, 0.15) is 0 Å². The molecule has 11 aromatic rings. The highest BCUT2D eigenvalue weighted by molar-refractivity contribution is 6.22. The molecule has 5 heteroatoms. The maximum Gasteiger partial charge on any atom is 0.227 e. The summed E-state index contributed by atoms with van der Waals surface area (Å²) in [6.45, 7) is 0. The van der Waals surface area contributed by atoms with E-state index in [1.165, 1.54) is 0 Å². The molecule has 0 saturated heterocycles. The molecule has 232 valence electrons. The van der Waals surface area contributed by atoms with Crippen molar-refractivity contribution >= 4 is 76.3 Å². The zero-order chi connectivity index (χ0) is 32.8. The summed E-state index contributed by atoms with van der Waals surface area (Å²) in [4.78, 5) is 15.4. The van der Waals surface area contributed by atoms with Gasteiger partial charge in [0, 0.05) is 32.8 Å². The molecular formula is C45H25N3O2. The molecule has 3 aromatic heterocycles. The number of furan rings is 1. The molecule has 0 saturated carbocycles. The fourth-order valence-corrected chi connectivity index (χ4v) is 7.45. The Labute approximate surface area is 285 Å². The van der Waals surface area contributed by atoms with Gasteiger partial charge in [0.05, 0.1) is 16.6 Å². The van der Waals surface area contributed by atoms with Crippen LogP contribution in [0.3, 0.4) is 0 Å². The number of hydrogen-bond acceptors (Lipinski definition) is 5. The summed E-state index contributed by atoms with van der Waals surface area (Å²) in [6, 6.07) is 52.2. The van der Waals surface area contributed by atoms with Gasteiger partial charge in [-0.05, 0) is 75.5 Å². The molecule has 0 spiro atoms. The van der Waals surface area contributed by atoms with Crippen LogP contribution in [0.4, 0.5) is 0 Å². The number of nitrogens with zero attached hydrogens (tertiary/aromatic N) is 3. The lowest BCUT2D eigenvalue weighted by Crippen LogP contribution is -1.96. The van der Waals surface area contributed by atoms with Gasteiger partial charge in [-0.1, -0.05) is 103 Å².